The van der Waals surface area contributed by atoms with E-state index in [1.54, 1.807) is 11.3 Å². The first-order valence-electron chi connectivity index (χ1n) is 8.30. The summed E-state index contributed by atoms with van der Waals surface area (Å²) in [6.07, 6.45) is 3.62. The van der Waals surface area contributed by atoms with Gasteiger partial charge in [-0.15, -0.1) is 11.3 Å². The molecule has 128 valence electrons. The van der Waals surface area contributed by atoms with Crippen LogP contribution in [0.1, 0.15) is 15.4 Å². The third kappa shape index (κ3) is 4.79. The van der Waals surface area contributed by atoms with Gasteiger partial charge in [-0.25, -0.2) is 9.78 Å². The summed E-state index contributed by atoms with van der Waals surface area (Å²) >= 11 is 1.68. The molecule has 1 aliphatic rings. The normalized spacial score (nSPS) is 17.7. The molecule has 5 nitrogen and oxygen atoms in total. The molecule has 1 aromatic heterocycles. The van der Waals surface area contributed by atoms with E-state index < -0.39 is 0 Å². The molecule has 1 atom stereocenters. The fourth-order valence-electron chi connectivity index (χ4n) is 2.83. The Kier molecular flexibility index (Phi) is 5.82. The lowest BCUT2D eigenvalue weighted by atomic mass is 10.1. The third-order valence-corrected chi connectivity index (χ3v) is 5.02. The van der Waals surface area contributed by atoms with Crippen LogP contribution in [0.3, 0.4) is 0 Å². The van der Waals surface area contributed by atoms with Crippen molar-refractivity contribution in [2.75, 3.05) is 26.2 Å². The highest BCUT2D eigenvalue weighted by Crippen LogP contribution is 2.13. The Morgan fingerprint density at radius 2 is 2.25 bits per heavy atom. The van der Waals surface area contributed by atoms with Gasteiger partial charge in [-0.2, -0.15) is 0 Å². The second-order valence-corrected chi connectivity index (χ2v) is 7.28. The highest BCUT2D eigenvalue weighted by Gasteiger charge is 2.24. The van der Waals surface area contributed by atoms with Crippen LogP contribution in [0.25, 0.3) is 0 Å². The van der Waals surface area contributed by atoms with Gasteiger partial charge in [-0.05, 0) is 12.5 Å². The van der Waals surface area contributed by atoms with Crippen LogP contribution in [-0.2, 0) is 17.6 Å². The standard InChI is InChI=1S/C18H23N3O2S/c1-14-20-12-17(24-14)7-8-19-18(22)21-9-10-23-16(13-21)11-15-5-3-2-4-6-15/h2-6,12,16H,7-11,13H2,1H3,(H,19,22)/t16-/m1/s1. The highest BCUT2D eigenvalue weighted by molar-refractivity contribution is 7.11. The van der Waals surface area contributed by atoms with Gasteiger partial charge in [0.2, 0.25) is 0 Å². The fourth-order valence-corrected chi connectivity index (χ4v) is 3.62. The average Bonchev–Trinajstić information content (AvgIpc) is 3.01. The van der Waals surface area contributed by atoms with E-state index in [0.29, 0.717) is 26.2 Å². The van der Waals surface area contributed by atoms with Crippen molar-refractivity contribution in [2.24, 2.45) is 0 Å². The number of hydrogen-bond acceptors (Lipinski definition) is 4. The second-order valence-electron chi connectivity index (χ2n) is 5.96. The Morgan fingerprint density at radius 3 is 3.00 bits per heavy atom. The predicted molar refractivity (Wildman–Crippen MR) is 95.4 cm³/mol. The number of aryl methyl sites for hydroxylation is 1. The van der Waals surface area contributed by atoms with Crippen molar-refractivity contribution in [1.82, 2.24) is 15.2 Å². The van der Waals surface area contributed by atoms with E-state index in [1.807, 2.05) is 36.2 Å². The molecule has 0 unspecified atom stereocenters. The van der Waals surface area contributed by atoms with E-state index >= 15 is 0 Å². The Morgan fingerprint density at radius 1 is 1.42 bits per heavy atom. The van der Waals surface area contributed by atoms with E-state index in [4.69, 9.17) is 4.74 Å². The van der Waals surface area contributed by atoms with E-state index in [-0.39, 0.29) is 12.1 Å². The number of carbonyl (C=O) groups excluding carboxylic acids is 1. The van der Waals surface area contributed by atoms with Crippen LogP contribution >= 0.6 is 11.3 Å². The van der Waals surface area contributed by atoms with Crippen LogP contribution in [-0.4, -0.2) is 48.3 Å². The van der Waals surface area contributed by atoms with Crippen LogP contribution in [0.15, 0.2) is 36.5 Å². The molecule has 1 aromatic carbocycles. The van der Waals surface area contributed by atoms with Crippen molar-refractivity contribution in [3.8, 4) is 0 Å². The Balaban J connectivity index is 1.44. The van der Waals surface area contributed by atoms with Gasteiger partial charge in [-0.3, -0.25) is 0 Å². The Bertz CT molecular complexity index is 659. The molecule has 0 radical (unpaired) electrons. The first kappa shape index (κ1) is 16.9. The SMILES string of the molecule is Cc1ncc(CCNC(=O)N2CCO[C@H](Cc3ccccc3)C2)s1. The average molecular weight is 345 g/mol. The molecule has 1 aliphatic heterocycles. The zero-order valence-electron chi connectivity index (χ0n) is 13.9. The number of morpholine rings is 1. The summed E-state index contributed by atoms with van der Waals surface area (Å²) in [6.45, 7) is 4.52. The summed E-state index contributed by atoms with van der Waals surface area (Å²) in [5.41, 5.74) is 1.24. The van der Waals surface area contributed by atoms with E-state index in [2.05, 4.69) is 22.4 Å². The Hall–Kier alpha value is -1.92. The lowest BCUT2D eigenvalue weighted by Gasteiger charge is -2.33. The summed E-state index contributed by atoms with van der Waals surface area (Å²) in [6, 6.07) is 10.3. The van der Waals surface area contributed by atoms with Gasteiger partial charge < -0.3 is 15.0 Å². The topological polar surface area (TPSA) is 54.5 Å². The maximum absolute atomic E-state index is 12.3. The molecule has 0 saturated carbocycles. The number of aromatic nitrogens is 1. The maximum atomic E-state index is 12.3. The maximum Gasteiger partial charge on any atom is 0.317 e. The number of benzene rings is 1. The molecule has 24 heavy (non-hydrogen) atoms. The smallest absolute Gasteiger partial charge is 0.317 e. The number of amides is 2. The zero-order valence-corrected chi connectivity index (χ0v) is 14.7. The molecule has 6 heteroatoms. The second kappa shape index (κ2) is 8.26. The molecule has 1 saturated heterocycles. The third-order valence-electron chi connectivity index (χ3n) is 4.05. The molecule has 1 N–H and O–H groups in total. The molecule has 0 spiro atoms. The van der Waals surface area contributed by atoms with E-state index in [0.717, 1.165) is 17.8 Å². The van der Waals surface area contributed by atoms with Gasteiger partial charge in [-0.1, -0.05) is 30.3 Å². The molecule has 0 bridgehead atoms. The minimum Gasteiger partial charge on any atom is -0.374 e. The van der Waals surface area contributed by atoms with Gasteiger partial charge >= 0.3 is 6.03 Å². The number of carbonyl (C=O) groups is 1. The number of nitrogens with one attached hydrogen (secondary N) is 1. The molecule has 3 rings (SSSR count). The van der Waals surface area contributed by atoms with E-state index in [9.17, 15) is 4.79 Å². The molecule has 2 amide bonds. The fraction of sp³-hybridized carbons (Fsp3) is 0.444. The number of thiazole rings is 1. The number of hydrogen-bond donors (Lipinski definition) is 1. The lowest BCUT2D eigenvalue weighted by Crippen LogP contribution is -2.50. The largest absolute Gasteiger partial charge is 0.374 e. The van der Waals surface area contributed by atoms with Gasteiger partial charge in [0.05, 0.1) is 17.7 Å². The van der Waals surface area contributed by atoms with Crippen LogP contribution < -0.4 is 5.32 Å². The van der Waals surface area contributed by atoms with Crippen LogP contribution in [0.5, 0.6) is 0 Å². The Labute approximate surface area is 146 Å². The van der Waals surface area contributed by atoms with Gasteiger partial charge in [0, 0.05) is 43.5 Å². The lowest BCUT2D eigenvalue weighted by molar-refractivity contribution is -0.0132. The number of ether oxygens (including phenoxy) is 1. The first-order valence-corrected chi connectivity index (χ1v) is 9.12. The number of nitrogens with zero attached hydrogens (tertiary/aromatic N) is 2. The van der Waals surface area contributed by atoms with Crippen molar-refractivity contribution in [2.45, 2.75) is 25.9 Å². The monoisotopic (exact) mass is 345 g/mol. The van der Waals surface area contributed by atoms with Crippen molar-refractivity contribution in [3.05, 3.63) is 52.0 Å². The van der Waals surface area contributed by atoms with Crippen LogP contribution in [0, 0.1) is 6.92 Å². The minimum atomic E-state index is -0.00222. The molecular weight excluding hydrogens is 322 g/mol. The van der Waals surface area contributed by atoms with Crippen molar-refractivity contribution >= 4 is 17.4 Å². The summed E-state index contributed by atoms with van der Waals surface area (Å²) < 4.78 is 5.81. The number of rotatable bonds is 5. The number of urea groups is 1. The van der Waals surface area contributed by atoms with Crippen molar-refractivity contribution < 1.29 is 9.53 Å². The predicted octanol–water partition coefficient (Wildman–Crippen LogP) is 2.65. The first-order chi connectivity index (χ1) is 11.7. The summed E-state index contributed by atoms with van der Waals surface area (Å²) in [4.78, 5) is 19.6. The summed E-state index contributed by atoms with van der Waals surface area (Å²) in [5, 5.41) is 4.07. The van der Waals surface area contributed by atoms with Crippen LogP contribution in [0.4, 0.5) is 4.79 Å². The van der Waals surface area contributed by atoms with Gasteiger partial charge in [0.1, 0.15) is 0 Å². The summed E-state index contributed by atoms with van der Waals surface area (Å²) in [5.74, 6) is 0. The minimum absolute atomic E-state index is 0.00222. The van der Waals surface area contributed by atoms with Gasteiger partial charge in [0.25, 0.3) is 0 Å². The van der Waals surface area contributed by atoms with E-state index in [1.165, 1.54) is 10.4 Å². The summed E-state index contributed by atoms with van der Waals surface area (Å²) in [7, 11) is 0. The van der Waals surface area contributed by atoms with Crippen molar-refractivity contribution in [1.29, 1.82) is 0 Å². The molecule has 2 heterocycles. The molecule has 1 fully saturated rings. The molecule has 2 aromatic rings. The van der Waals surface area contributed by atoms with Gasteiger partial charge in [0.15, 0.2) is 0 Å². The zero-order chi connectivity index (χ0) is 16.8. The highest BCUT2D eigenvalue weighted by atomic mass is 32.1. The quantitative estimate of drug-likeness (QED) is 0.906. The molecular formula is C18H23N3O2S. The molecule has 0 aliphatic carbocycles. The van der Waals surface area contributed by atoms with Crippen molar-refractivity contribution in [3.63, 3.8) is 0 Å². The van der Waals surface area contributed by atoms with Crippen LogP contribution in [0.2, 0.25) is 0 Å².